The van der Waals surface area contributed by atoms with E-state index in [1.54, 1.807) is 26.4 Å². The Kier molecular flexibility index (Phi) is 8.58. The summed E-state index contributed by atoms with van der Waals surface area (Å²) >= 11 is 0. The van der Waals surface area contributed by atoms with Gasteiger partial charge < -0.3 is 9.47 Å². The molecule has 42 heavy (non-hydrogen) atoms. The maximum atomic E-state index is 11.4. The lowest BCUT2D eigenvalue weighted by Gasteiger charge is -2.11. The molecule has 0 N–H and O–H groups in total. The lowest BCUT2D eigenvalue weighted by molar-refractivity contribution is 0.111. The fourth-order valence-corrected chi connectivity index (χ4v) is 4.64. The maximum absolute atomic E-state index is 11.4. The first kappa shape index (κ1) is 27.7. The average Bonchev–Trinajstić information content (AvgIpc) is 3.06. The summed E-state index contributed by atoms with van der Waals surface area (Å²) < 4.78 is 11.4. The Labute approximate surface area is 245 Å². The molecule has 5 rings (SSSR count). The van der Waals surface area contributed by atoms with Gasteiger partial charge in [0.15, 0.2) is 24.1 Å². The van der Waals surface area contributed by atoms with E-state index in [1.165, 1.54) is 0 Å². The fourth-order valence-electron chi connectivity index (χ4n) is 4.64. The minimum atomic E-state index is 0.508. The lowest BCUT2D eigenvalue weighted by atomic mass is 9.99. The Morgan fingerprint density at radius 3 is 1.21 bits per heavy atom. The number of benzene rings is 5. The smallest absolute Gasteiger partial charge is 0.177 e. The molecule has 0 amide bonds. The standard InChI is InChI=1S/C38H26O4/c1-41-37-31(21-15-27-11-17-29(18-12-27)35-9-5-3-7-33(35)25-39)23-24-32(38(37)42-2)22-16-28-13-19-30(20-14-28)36-10-6-4-8-34(36)26-40/h3-14,17-20,23-26H,1-2H3. The van der Waals surface area contributed by atoms with Crippen LogP contribution in [0.15, 0.2) is 109 Å². The van der Waals surface area contributed by atoms with Crippen molar-refractivity contribution in [2.24, 2.45) is 0 Å². The van der Waals surface area contributed by atoms with Crippen LogP contribution in [0, 0.1) is 23.7 Å². The van der Waals surface area contributed by atoms with Crippen molar-refractivity contribution in [1.82, 2.24) is 0 Å². The van der Waals surface area contributed by atoms with E-state index in [0.717, 1.165) is 46.0 Å². The summed E-state index contributed by atoms with van der Waals surface area (Å²) in [5.74, 6) is 13.8. The van der Waals surface area contributed by atoms with Gasteiger partial charge in [0.2, 0.25) is 0 Å². The van der Waals surface area contributed by atoms with Crippen LogP contribution in [-0.4, -0.2) is 26.8 Å². The number of methoxy groups -OCH3 is 2. The Bertz CT molecular complexity index is 1740. The second-order valence-corrected chi connectivity index (χ2v) is 9.29. The second-order valence-electron chi connectivity index (χ2n) is 9.29. The normalized spacial score (nSPS) is 9.95. The van der Waals surface area contributed by atoms with Crippen molar-refractivity contribution >= 4 is 12.6 Å². The zero-order chi connectivity index (χ0) is 29.3. The van der Waals surface area contributed by atoms with Gasteiger partial charge in [-0.1, -0.05) is 96.5 Å². The molecule has 0 aliphatic rings. The highest BCUT2D eigenvalue weighted by Gasteiger charge is 2.13. The largest absolute Gasteiger partial charge is 0.492 e. The van der Waals surface area contributed by atoms with Crippen molar-refractivity contribution in [2.45, 2.75) is 0 Å². The molecule has 4 nitrogen and oxygen atoms in total. The molecule has 5 aromatic rings. The van der Waals surface area contributed by atoms with Crippen LogP contribution in [0.5, 0.6) is 11.5 Å². The summed E-state index contributed by atoms with van der Waals surface area (Å²) in [6.07, 6.45) is 1.73. The van der Waals surface area contributed by atoms with E-state index in [0.29, 0.717) is 33.8 Å². The van der Waals surface area contributed by atoms with Crippen LogP contribution >= 0.6 is 0 Å². The van der Waals surface area contributed by atoms with E-state index < -0.39 is 0 Å². The third kappa shape index (κ3) is 5.99. The molecule has 0 aromatic heterocycles. The molecule has 0 unspecified atom stereocenters. The van der Waals surface area contributed by atoms with Crippen LogP contribution in [0.3, 0.4) is 0 Å². The van der Waals surface area contributed by atoms with Crippen molar-refractivity contribution < 1.29 is 19.1 Å². The van der Waals surface area contributed by atoms with Gasteiger partial charge in [-0.2, -0.15) is 0 Å². The minimum absolute atomic E-state index is 0.508. The number of carbonyl (C=O) groups excluding carboxylic acids is 2. The molecule has 0 saturated carbocycles. The van der Waals surface area contributed by atoms with E-state index in [2.05, 4.69) is 23.7 Å². The van der Waals surface area contributed by atoms with Gasteiger partial charge in [0, 0.05) is 22.3 Å². The Morgan fingerprint density at radius 1 is 0.476 bits per heavy atom. The summed E-state index contributed by atoms with van der Waals surface area (Å²) in [5.41, 5.74) is 7.96. The van der Waals surface area contributed by atoms with E-state index in [9.17, 15) is 9.59 Å². The second kappa shape index (κ2) is 13.0. The molecular weight excluding hydrogens is 520 g/mol. The number of aldehydes is 2. The quantitative estimate of drug-likeness (QED) is 0.164. The van der Waals surface area contributed by atoms with Gasteiger partial charge in [0.05, 0.1) is 25.3 Å². The molecule has 0 aliphatic heterocycles. The van der Waals surface area contributed by atoms with E-state index in [1.807, 2.05) is 97.1 Å². The first-order valence-electron chi connectivity index (χ1n) is 13.2. The summed E-state index contributed by atoms with van der Waals surface area (Å²) in [4.78, 5) is 22.8. The molecule has 0 spiro atoms. The zero-order valence-electron chi connectivity index (χ0n) is 23.2. The first-order chi connectivity index (χ1) is 20.6. The molecule has 0 bridgehead atoms. The van der Waals surface area contributed by atoms with Crippen LogP contribution in [-0.2, 0) is 0 Å². The van der Waals surface area contributed by atoms with Crippen molar-refractivity contribution in [3.63, 3.8) is 0 Å². The number of rotatable bonds is 6. The molecule has 0 heterocycles. The average molecular weight is 547 g/mol. The number of hydrogen-bond acceptors (Lipinski definition) is 4. The van der Waals surface area contributed by atoms with Gasteiger partial charge in [-0.25, -0.2) is 0 Å². The van der Waals surface area contributed by atoms with Gasteiger partial charge in [0.1, 0.15) is 0 Å². The van der Waals surface area contributed by atoms with E-state index in [4.69, 9.17) is 9.47 Å². The van der Waals surface area contributed by atoms with Gasteiger partial charge in [-0.3, -0.25) is 9.59 Å². The molecular formula is C38H26O4. The molecule has 0 saturated heterocycles. The summed E-state index contributed by atoms with van der Waals surface area (Å²) in [5, 5.41) is 0. The van der Waals surface area contributed by atoms with Crippen molar-refractivity contribution in [2.75, 3.05) is 14.2 Å². The van der Waals surface area contributed by atoms with Crippen LogP contribution in [0.25, 0.3) is 22.3 Å². The zero-order valence-corrected chi connectivity index (χ0v) is 23.2. The van der Waals surface area contributed by atoms with E-state index in [-0.39, 0.29) is 0 Å². The summed E-state index contributed by atoms with van der Waals surface area (Å²) in [6.45, 7) is 0. The first-order valence-corrected chi connectivity index (χ1v) is 13.2. The predicted molar refractivity (Wildman–Crippen MR) is 166 cm³/mol. The monoisotopic (exact) mass is 546 g/mol. The van der Waals surface area contributed by atoms with Crippen LogP contribution in [0.4, 0.5) is 0 Å². The van der Waals surface area contributed by atoms with Gasteiger partial charge in [-0.15, -0.1) is 0 Å². The highest BCUT2D eigenvalue weighted by molar-refractivity contribution is 5.88. The lowest BCUT2D eigenvalue weighted by Crippen LogP contribution is -1.96. The molecule has 0 fully saturated rings. The van der Waals surface area contributed by atoms with Crippen LogP contribution < -0.4 is 9.47 Å². The van der Waals surface area contributed by atoms with Gasteiger partial charge in [0.25, 0.3) is 0 Å². The number of ether oxygens (including phenoxy) is 2. The highest BCUT2D eigenvalue weighted by atomic mass is 16.5. The van der Waals surface area contributed by atoms with Crippen LogP contribution in [0.1, 0.15) is 43.0 Å². The summed E-state index contributed by atoms with van der Waals surface area (Å²) in [6, 6.07) is 34.2. The third-order valence-corrected chi connectivity index (χ3v) is 6.77. The minimum Gasteiger partial charge on any atom is -0.492 e. The molecule has 0 aliphatic carbocycles. The van der Waals surface area contributed by atoms with Crippen molar-refractivity contribution in [3.05, 3.63) is 143 Å². The summed E-state index contributed by atoms with van der Waals surface area (Å²) in [7, 11) is 3.16. The Hall–Kier alpha value is -5.84. The third-order valence-electron chi connectivity index (χ3n) is 6.77. The maximum Gasteiger partial charge on any atom is 0.177 e. The van der Waals surface area contributed by atoms with Crippen molar-refractivity contribution in [1.29, 1.82) is 0 Å². The molecule has 0 atom stereocenters. The number of carbonyl (C=O) groups is 2. The molecule has 4 heteroatoms. The SMILES string of the molecule is COc1c(C#Cc2ccc(-c3ccccc3C=O)cc2)ccc(C#Cc2ccc(-c3ccccc3C=O)cc2)c1OC. The van der Waals surface area contributed by atoms with Crippen LogP contribution in [0.2, 0.25) is 0 Å². The fraction of sp³-hybridized carbons (Fsp3) is 0.0526. The molecule has 0 radical (unpaired) electrons. The number of hydrogen-bond donors (Lipinski definition) is 0. The van der Waals surface area contributed by atoms with Gasteiger partial charge in [-0.05, 0) is 58.7 Å². The Balaban J connectivity index is 1.39. The molecule has 5 aromatic carbocycles. The van der Waals surface area contributed by atoms with Gasteiger partial charge >= 0.3 is 0 Å². The van der Waals surface area contributed by atoms with E-state index >= 15 is 0 Å². The molecule has 202 valence electrons. The predicted octanol–water partition coefficient (Wildman–Crippen LogP) is 7.46. The topological polar surface area (TPSA) is 52.6 Å². The highest BCUT2D eigenvalue weighted by Crippen LogP contribution is 2.34. The van der Waals surface area contributed by atoms with Crippen molar-refractivity contribution in [3.8, 4) is 57.4 Å². The Morgan fingerprint density at radius 2 is 0.857 bits per heavy atom.